The van der Waals surface area contributed by atoms with Gasteiger partial charge in [0.25, 0.3) is 0 Å². The fourth-order valence-corrected chi connectivity index (χ4v) is 2.31. The predicted octanol–water partition coefficient (Wildman–Crippen LogP) is 3.49. The van der Waals surface area contributed by atoms with Gasteiger partial charge < -0.3 is 4.74 Å². The van der Waals surface area contributed by atoms with Gasteiger partial charge >= 0.3 is 5.97 Å². The van der Waals surface area contributed by atoms with Gasteiger partial charge in [-0.05, 0) is 17.7 Å². The summed E-state index contributed by atoms with van der Waals surface area (Å²) in [4.78, 5) is 22.7. The van der Waals surface area contributed by atoms with Crippen molar-refractivity contribution < 1.29 is 14.3 Å². The third kappa shape index (κ3) is 3.91. The molecule has 0 aromatic heterocycles. The van der Waals surface area contributed by atoms with E-state index in [9.17, 15) is 9.59 Å². The normalized spacial score (nSPS) is 12.0. The van der Waals surface area contributed by atoms with Crippen LogP contribution >= 0.6 is 35.0 Å². The molecule has 0 fully saturated rings. The number of hydrogen-bond donors (Lipinski definition) is 0. The lowest BCUT2D eigenvalue weighted by molar-refractivity contribution is -0.140. The summed E-state index contributed by atoms with van der Waals surface area (Å²) in [5, 5.41) is -0.159. The Hall–Kier alpha value is -0.710. The molecule has 0 aliphatic heterocycles. The topological polar surface area (TPSA) is 43.4 Å². The average molecular weight is 293 g/mol. The molecule has 1 aromatic carbocycles. The Kier molecular flexibility index (Phi) is 5.31. The molecular weight excluding hydrogens is 283 g/mol. The monoisotopic (exact) mass is 292 g/mol. The van der Waals surface area contributed by atoms with E-state index in [1.54, 1.807) is 18.2 Å². The summed E-state index contributed by atoms with van der Waals surface area (Å²) >= 11 is 12.5. The summed E-state index contributed by atoms with van der Waals surface area (Å²) in [6, 6.07) is 4.78. The van der Waals surface area contributed by atoms with Crippen molar-refractivity contribution in [1.82, 2.24) is 0 Å². The molecule has 1 aromatic rings. The lowest BCUT2D eigenvalue weighted by Crippen LogP contribution is -2.12. The molecule has 0 heterocycles. The van der Waals surface area contributed by atoms with Crippen LogP contribution in [0.1, 0.15) is 17.7 Å². The van der Waals surface area contributed by atoms with Crippen molar-refractivity contribution in [3.8, 4) is 0 Å². The van der Waals surface area contributed by atoms with Crippen molar-refractivity contribution in [2.24, 2.45) is 0 Å². The smallest absolute Gasteiger partial charge is 0.323 e. The minimum absolute atomic E-state index is 0.175. The number of benzene rings is 1. The van der Waals surface area contributed by atoms with Gasteiger partial charge in [0.05, 0.1) is 17.2 Å². The van der Waals surface area contributed by atoms with Crippen LogP contribution in [-0.4, -0.2) is 18.2 Å². The number of ether oxygens (including phenoxy) is 1. The number of rotatable bonds is 3. The second-order valence-corrected chi connectivity index (χ2v) is 5.28. The van der Waals surface area contributed by atoms with Crippen LogP contribution in [0.5, 0.6) is 0 Å². The lowest BCUT2D eigenvalue weighted by Gasteiger charge is -2.13. The first-order valence-corrected chi connectivity index (χ1v) is 6.29. The van der Waals surface area contributed by atoms with Gasteiger partial charge in [0.2, 0.25) is 0 Å². The molecule has 17 heavy (non-hydrogen) atoms. The Morgan fingerprint density at radius 3 is 2.41 bits per heavy atom. The number of esters is 1. The van der Waals surface area contributed by atoms with Crippen LogP contribution in [0.4, 0.5) is 0 Å². The van der Waals surface area contributed by atoms with Crippen LogP contribution in [0.25, 0.3) is 0 Å². The molecule has 1 unspecified atom stereocenters. The maximum atomic E-state index is 11.6. The molecular formula is C11H10Cl2O3S. The van der Waals surface area contributed by atoms with Gasteiger partial charge in [0, 0.05) is 6.92 Å². The van der Waals surface area contributed by atoms with Crippen molar-refractivity contribution in [2.45, 2.75) is 12.2 Å². The molecule has 92 valence electrons. The van der Waals surface area contributed by atoms with E-state index in [4.69, 9.17) is 23.2 Å². The second-order valence-electron chi connectivity index (χ2n) is 3.19. The van der Waals surface area contributed by atoms with E-state index < -0.39 is 11.2 Å². The fourth-order valence-electron chi connectivity index (χ4n) is 1.20. The predicted molar refractivity (Wildman–Crippen MR) is 69.5 cm³/mol. The van der Waals surface area contributed by atoms with Gasteiger partial charge in [-0.1, -0.05) is 41.0 Å². The zero-order chi connectivity index (χ0) is 13.0. The third-order valence-corrected chi connectivity index (χ3v) is 3.72. The number of thioether (sulfide) groups is 1. The largest absolute Gasteiger partial charge is 0.468 e. The van der Waals surface area contributed by atoms with Crippen LogP contribution in [0.15, 0.2) is 18.2 Å². The summed E-state index contributed by atoms with van der Waals surface area (Å²) in [6.45, 7) is 1.39. The van der Waals surface area contributed by atoms with Crippen LogP contribution in [-0.2, 0) is 14.3 Å². The molecule has 3 nitrogen and oxygen atoms in total. The molecule has 0 spiro atoms. The molecule has 0 bridgehead atoms. The quantitative estimate of drug-likeness (QED) is 0.800. The molecule has 6 heteroatoms. The number of hydrogen-bond acceptors (Lipinski definition) is 4. The highest BCUT2D eigenvalue weighted by atomic mass is 35.5. The van der Waals surface area contributed by atoms with Crippen molar-refractivity contribution >= 4 is 46.0 Å². The lowest BCUT2D eigenvalue weighted by atomic mass is 10.1. The van der Waals surface area contributed by atoms with Gasteiger partial charge in [0.1, 0.15) is 5.25 Å². The molecule has 1 rings (SSSR count). The van der Waals surface area contributed by atoms with Gasteiger partial charge in [-0.25, -0.2) is 0 Å². The first-order valence-electron chi connectivity index (χ1n) is 4.65. The maximum absolute atomic E-state index is 11.6. The second kappa shape index (κ2) is 6.28. The highest BCUT2D eigenvalue weighted by Crippen LogP contribution is 2.34. The van der Waals surface area contributed by atoms with Gasteiger partial charge in [-0.3, -0.25) is 9.59 Å². The average Bonchev–Trinajstić information content (AvgIpc) is 2.28. The van der Waals surface area contributed by atoms with Gasteiger partial charge in [0.15, 0.2) is 5.12 Å². The van der Waals surface area contributed by atoms with Gasteiger partial charge in [-0.2, -0.15) is 0 Å². The van der Waals surface area contributed by atoms with Crippen molar-refractivity contribution in [1.29, 1.82) is 0 Å². The Balaban J connectivity index is 3.07. The molecule has 0 radical (unpaired) electrons. The van der Waals surface area contributed by atoms with Crippen LogP contribution in [0, 0.1) is 0 Å². The SMILES string of the molecule is COC(=O)C(SC(C)=O)c1ccc(Cl)c(Cl)c1. The number of carbonyl (C=O) groups is 2. The molecule has 0 amide bonds. The summed E-state index contributed by atoms with van der Waals surface area (Å²) in [7, 11) is 1.27. The van der Waals surface area contributed by atoms with E-state index in [0.29, 0.717) is 15.6 Å². The highest BCUT2D eigenvalue weighted by Gasteiger charge is 2.24. The molecule has 0 aliphatic rings. The van der Waals surface area contributed by atoms with Crippen LogP contribution in [0.2, 0.25) is 10.0 Å². The van der Waals surface area contributed by atoms with E-state index in [2.05, 4.69) is 4.74 Å². The summed E-state index contributed by atoms with van der Waals surface area (Å²) in [6.07, 6.45) is 0. The zero-order valence-electron chi connectivity index (χ0n) is 9.20. The number of carbonyl (C=O) groups excluding carboxylic acids is 2. The first kappa shape index (κ1) is 14.4. The van der Waals surface area contributed by atoms with Crippen LogP contribution in [0.3, 0.4) is 0 Å². The zero-order valence-corrected chi connectivity index (χ0v) is 11.5. The van der Waals surface area contributed by atoms with Crippen molar-refractivity contribution in [3.63, 3.8) is 0 Å². The fraction of sp³-hybridized carbons (Fsp3) is 0.273. The standard InChI is InChI=1S/C11H10Cl2O3S/c1-6(14)17-10(11(15)16-2)7-3-4-8(12)9(13)5-7/h3-5,10H,1-2H3. The Morgan fingerprint density at radius 2 is 1.94 bits per heavy atom. The minimum Gasteiger partial charge on any atom is -0.468 e. The van der Waals surface area contributed by atoms with Crippen molar-refractivity contribution in [3.05, 3.63) is 33.8 Å². The first-order chi connectivity index (χ1) is 7.95. The molecule has 0 saturated carbocycles. The highest BCUT2D eigenvalue weighted by molar-refractivity contribution is 8.14. The summed E-state index contributed by atoms with van der Waals surface area (Å²) in [5.41, 5.74) is 0.589. The molecule has 1 atom stereocenters. The summed E-state index contributed by atoms with van der Waals surface area (Å²) in [5.74, 6) is -0.497. The Morgan fingerprint density at radius 1 is 1.29 bits per heavy atom. The van der Waals surface area contributed by atoms with E-state index in [1.807, 2.05) is 0 Å². The third-order valence-electron chi connectivity index (χ3n) is 1.95. The van der Waals surface area contributed by atoms with E-state index >= 15 is 0 Å². The number of halogens is 2. The Labute approximate surface area is 113 Å². The van der Waals surface area contributed by atoms with Crippen LogP contribution < -0.4 is 0 Å². The molecule has 0 N–H and O–H groups in total. The minimum atomic E-state index is -0.715. The van der Waals surface area contributed by atoms with E-state index in [-0.39, 0.29) is 5.12 Å². The number of methoxy groups -OCH3 is 1. The van der Waals surface area contributed by atoms with Gasteiger partial charge in [-0.15, -0.1) is 0 Å². The molecule has 0 saturated heterocycles. The Bertz CT molecular complexity index is 448. The summed E-state index contributed by atoms with van der Waals surface area (Å²) < 4.78 is 4.65. The van der Waals surface area contributed by atoms with Crippen molar-refractivity contribution in [2.75, 3.05) is 7.11 Å². The maximum Gasteiger partial charge on any atom is 0.323 e. The van der Waals surface area contributed by atoms with E-state index in [0.717, 1.165) is 11.8 Å². The molecule has 0 aliphatic carbocycles. The van der Waals surface area contributed by atoms with E-state index in [1.165, 1.54) is 14.0 Å².